The SMILES string of the molecule is C#C[C@@H]1OCCC[C@H]1O.[C-]#[O+].[C-]#[O+].[C-]#[O+].[C-]#[O+].[C-]#[O+].[C-]#[O+].[Co].[Co]. The molecule has 0 unspecified atom stereocenters. The smallest absolute Gasteiger partial charge is 0 e. The van der Waals surface area contributed by atoms with Crippen molar-refractivity contribution in [3.63, 3.8) is 0 Å². The van der Waals surface area contributed by atoms with Crippen molar-refractivity contribution in [3.05, 3.63) is 39.9 Å². The number of hydrogen-bond acceptors (Lipinski definition) is 2. The maximum Gasteiger partial charge on any atom is 0 e. The third kappa shape index (κ3) is 52.7. The summed E-state index contributed by atoms with van der Waals surface area (Å²) in [5.41, 5.74) is 0. The minimum absolute atomic E-state index is 0. The molecule has 0 spiro atoms. The van der Waals surface area contributed by atoms with Gasteiger partial charge in [0.1, 0.15) is 6.10 Å². The number of rotatable bonds is 0. The molecular weight excluding hydrogens is 402 g/mol. The molecule has 0 aliphatic carbocycles. The summed E-state index contributed by atoms with van der Waals surface area (Å²) >= 11 is 0. The first-order valence-corrected chi connectivity index (χ1v) is 4.33. The van der Waals surface area contributed by atoms with Crippen LogP contribution in [0.3, 0.4) is 0 Å². The first-order chi connectivity index (χ1) is 10.3. The predicted molar refractivity (Wildman–Crippen MR) is 57.4 cm³/mol. The van der Waals surface area contributed by atoms with E-state index in [0.717, 1.165) is 12.8 Å². The number of terminal acetylenes is 1. The summed E-state index contributed by atoms with van der Waals surface area (Å²) in [4.78, 5) is 0. The minimum Gasteiger partial charge on any atom is 0 e. The van der Waals surface area contributed by atoms with Crippen LogP contribution in [0.1, 0.15) is 12.8 Å². The summed E-state index contributed by atoms with van der Waals surface area (Å²) in [6.07, 6.45) is 5.94. The van der Waals surface area contributed by atoms with Crippen LogP contribution >= 0.6 is 0 Å². The van der Waals surface area contributed by atoms with Gasteiger partial charge in [-0.1, -0.05) is 5.92 Å². The Labute approximate surface area is 155 Å². The zero-order valence-corrected chi connectivity index (χ0v) is 13.4. The van der Waals surface area contributed by atoms with Crippen molar-refractivity contribution in [2.75, 3.05) is 6.61 Å². The molecule has 2 radical (unpaired) electrons. The van der Waals surface area contributed by atoms with Crippen LogP contribution in [0.5, 0.6) is 0 Å². The van der Waals surface area contributed by atoms with E-state index in [4.69, 9.17) is 44.2 Å². The van der Waals surface area contributed by atoms with Crippen LogP contribution in [0, 0.1) is 52.2 Å². The van der Waals surface area contributed by atoms with Crippen LogP contribution in [-0.2, 0) is 66.2 Å². The Balaban J connectivity index is -0.0000000232. The molecule has 1 rings (SSSR count). The second-order valence-corrected chi connectivity index (χ2v) is 2.17. The zero-order valence-electron chi connectivity index (χ0n) is 11.3. The van der Waals surface area contributed by atoms with Gasteiger partial charge in [0, 0.05) is 40.2 Å². The van der Waals surface area contributed by atoms with Gasteiger partial charge in [-0.2, -0.15) is 0 Å². The van der Waals surface area contributed by atoms with Gasteiger partial charge in [0.05, 0.1) is 6.10 Å². The van der Waals surface area contributed by atoms with Gasteiger partial charge in [0.2, 0.25) is 0 Å². The van der Waals surface area contributed by atoms with E-state index in [9.17, 15) is 0 Å². The van der Waals surface area contributed by atoms with Crippen molar-refractivity contribution < 1.29 is 71.3 Å². The summed E-state index contributed by atoms with van der Waals surface area (Å²) in [5, 5.41) is 9.10. The van der Waals surface area contributed by atoms with Crippen molar-refractivity contribution in [1.29, 1.82) is 0 Å². The van der Waals surface area contributed by atoms with Gasteiger partial charge in [-0.15, -0.1) is 6.42 Å². The molecule has 8 nitrogen and oxygen atoms in total. The zero-order chi connectivity index (χ0) is 18.7. The van der Waals surface area contributed by atoms with Crippen molar-refractivity contribution in [2.24, 2.45) is 0 Å². The van der Waals surface area contributed by atoms with E-state index < -0.39 is 6.10 Å². The Morgan fingerprint density at radius 3 is 1.30 bits per heavy atom. The van der Waals surface area contributed by atoms with Crippen molar-refractivity contribution in [3.8, 4) is 12.3 Å². The summed E-state index contributed by atoms with van der Waals surface area (Å²) in [5.74, 6) is 2.38. The molecule has 1 saturated heterocycles. The maximum absolute atomic E-state index is 9.10. The Morgan fingerprint density at radius 1 is 0.826 bits per heavy atom. The number of hydrogen-bond donors (Lipinski definition) is 1. The van der Waals surface area contributed by atoms with Crippen LogP contribution in [0.2, 0.25) is 0 Å². The first kappa shape index (κ1) is 49.5. The fourth-order valence-corrected chi connectivity index (χ4v) is 0.924. The number of aliphatic hydroxyl groups is 1. The largest absolute Gasteiger partial charge is 0 e. The van der Waals surface area contributed by atoms with Gasteiger partial charge < -0.3 is 9.84 Å². The molecule has 1 aliphatic heterocycles. The first-order valence-electron chi connectivity index (χ1n) is 4.33. The monoisotopic (exact) mass is 412 g/mol. The van der Waals surface area contributed by atoms with Crippen LogP contribution in [0.4, 0.5) is 0 Å². The fraction of sp³-hybridized carbons (Fsp3) is 0.385. The quantitative estimate of drug-likeness (QED) is 0.337. The normalized spacial score (nSPS) is 14.4. The maximum atomic E-state index is 9.10. The predicted octanol–water partition coefficient (Wildman–Crippen LogP) is -0.0706. The van der Waals surface area contributed by atoms with Crippen LogP contribution in [-0.4, -0.2) is 23.9 Å². The number of aliphatic hydroxyl groups excluding tert-OH is 1. The summed E-state index contributed by atoms with van der Waals surface area (Å²) in [6, 6.07) is 0. The van der Waals surface area contributed by atoms with Crippen molar-refractivity contribution in [1.82, 2.24) is 0 Å². The summed E-state index contributed by atoms with van der Waals surface area (Å²) in [6.45, 7) is 27.7. The van der Waals surface area contributed by atoms with E-state index in [0.29, 0.717) is 6.61 Å². The molecule has 0 bridgehead atoms. The molecule has 1 N–H and O–H groups in total. The van der Waals surface area contributed by atoms with E-state index in [-0.39, 0.29) is 39.7 Å². The van der Waals surface area contributed by atoms with Gasteiger partial charge in [-0.25, -0.2) is 0 Å². The van der Waals surface area contributed by atoms with E-state index in [1.165, 1.54) is 0 Å². The van der Waals surface area contributed by atoms with Gasteiger partial charge in [-0.05, 0) is 12.8 Å². The van der Waals surface area contributed by atoms with E-state index in [1.54, 1.807) is 0 Å². The summed E-state index contributed by atoms with van der Waals surface area (Å²) < 4.78 is 50.1. The van der Waals surface area contributed by atoms with Crippen molar-refractivity contribution >= 4 is 0 Å². The van der Waals surface area contributed by atoms with Crippen LogP contribution in [0.25, 0.3) is 0 Å². The second kappa shape index (κ2) is 84.3. The molecule has 128 valence electrons. The second-order valence-electron chi connectivity index (χ2n) is 2.17. The molecule has 1 fully saturated rings. The molecule has 0 amide bonds. The minimum atomic E-state index is -0.441. The third-order valence-electron chi connectivity index (χ3n) is 1.46. The van der Waals surface area contributed by atoms with Gasteiger partial charge in [0.15, 0.2) is 0 Å². The molecule has 0 aromatic heterocycles. The number of ether oxygens (including phenoxy) is 1. The Morgan fingerprint density at radius 2 is 1.13 bits per heavy atom. The average molecular weight is 412 g/mol. The van der Waals surface area contributed by atoms with Gasteiger partial charge in [0.25, 0.3) is 0 Å². The molecule has 2 atom stereocenters. The average Bonchev–Trinajstić information content (AvgIpc) is 2.65. The third-order valence-corrected chi connectivity index (χ3v) is 1.46. The standard InChI is InChI=1S/C7H10O2.6CO.2Co/c1-2-7-6(8)4-3-5-9-7;6*1-2;;/h1,6-8H,3-5H2;;;;;;;;/t6-,7+;;;;;;;;/m1......../s1. The Bertz CT molecular complexity index is 291. The van der Waals surface area contributed by atoms with Gasteiger partial charge in [-0.3, -0.25) is 0 Å². The van der Waals surface area contributed by atoms with Crippen LogP contribution < -0.4 is 0 Å². The van der Waals surface area contributed by atoms with Crippen molar-refractivity contribution in [2.45, 2.75) is 25.0 Å². The van der Waals surface area contributed by atoms with E-state index >= 15 is 0 Å². The van der Waals surface area contributed by atoms with Crippen LogP contribution in [0.15, 0.2) is 0 Å². The topological polar surface area (TPSA) is 149 Å². The van der Waals surface area contributed by atoms with Gasteiger partial charge >= 0.3 is 67.8 Å². The fourth-order valence-electron chi connectivity index (χ4n) is 0.924. The Hall–Kier alpha value is -1.07. The van der Waals surface area contributed by atoms with E-state index in [2.05, 4.69) is 45.8 Å². The molecule has 1 heterocycles. The molecule has 10 heteroatoms. The molecular formula is C13H10Co2O8. The molecule has 1 aliphatic rings. The van der Waals surface area contributed by atoms with E-state index in [1.807, 2.05) is 0 Å². The molecule has 0 aromatic carbocycles. The summed E-state index contributed by atoms with van der Waals surface area (Å²) in [7, 11) is 0. The Kier molecular flexibility index (Phi) is 181. The molecule has 0 saturated carbocycles. The molecule has 23 heavy (non-hydrogen) atoms. The molecule has 0 aromatic rings.